The average molecular weight is 303 g/mol. The lowest BCUT2D eigenvalue weighted by Crippen LogP contribution is -2.41. The number of hydrogen-bond donors (Lipinski definition) is 1. The topological polar surface area (TPSA) is 30.5 Å². The molecule has 0 aliphatic carbocycles. The molecule has 2 aromatic rings. The van der Waals surface area contributed by atoms with E-state index in [-0.39, 0.29) is 12.1 Å². The molecule has 2 atom stereocenters. The van der Waals surface area contributed by atoms with Gasteiger partial charge in [0.05, 0.1) is 6.04 Å². The van der Waals surface area contributed by atoms with Crippen molar-refractivity contribution in [3.63, 3.8) is 0 Å². The van der Waals surface area contributed by atoms with Gasteiger partial charge in [-0.25, -0.2) is 0 Å². The van der Waals surface area contributed by atoms with Crippen molar-refractivity contribution in [2.45, 2.75) is 32.9 Å². The summed E-state index contributed by atoms with van der Waals surface area (Å²) in [6.07, 6.45) is -0.00690. The summed E-state index contributed by atoms with van der Waals surface area (Å²) in [7, 11) is 0. The molecular formula is C17H21NO2S. The van der Waals surface area contributed by atoms with Crippen LogP contribution in [-0.4, -0.2) is 19.3 Å². The van der Waals surface area contributed by atoms with Crippen LogP contribution in [0.25, 0.3) is 0 Å². The van der Waals surface area contributed by atoms with Gasteiger partial charge >= 0.3 is 0 Å². The monoisotopic (exact) mass is 303 g/mol. The van der Waals surface area contributed by atoms with Crippen molar-refractivity contribution in [3.05, 3.63) is 45.6 Å². The molecule has 2 heterocycles. The molecule has 1 aromatic carbocycles. The summed E-state index contributed by atoms with van der Waals surface area (Å²) in [4.78, 5) is 2.68. The highest BCUT2D eigenvalue weighted by atomic mass is 32.1. The smallest absolute Gasteiger partial charge is 0.161 e. The van der Waals surface area contributed by atoms with Crippen LogP contribution in [-0.2, 0) is 0 Å². The predicted octanol–water partition coefficient (Wildman–Crippen LogP) is 3.86. The van der Waals surface area contributed by atoms with E-state index in [1.165, 1.54) is 15.3 Å². The number of para-hydroxylation sites is 2. The Morgan fingerprint density at radius 1 is 1.29 bits per heavy atom. The van der Waals surface area contributed by atoms with Crippen LogP contribution in [0.5, 0.6) is 11.5 Å². The third-order valence-electron chi connectivity index (χ3n) is 3.74. The molecule has 4 heteroatoms. The van der Waals surface area contributed by atoms with Crippen molar-refractivity contribution in [2.75, 3.05) is 13.2 Å². The normalized spacial score (nSPS) is 18.5. The highest BCUT2D eigenvalue weighted by Gasteiger charge is 2.31. The van der Waals surface area contributed by atoms with Gasteiger partial charge in [0.25, 0.3) is 0 Å². The van der Waals surface area contributed by atoms with Gasteiger partial charge in [-0.3, -0.25) is 0 Å². The standard InChI is InChI=1S/C17H21NO2S/c1-4-18-17(13-9-11(2)21-12(13)3)16-10-19-14-7-5-6-8-15(14)20-16/h5-9,16-18H,4,10H2,1-3H3. The van der Waals surface area contributed by atoms with Crippen molar-refractivity contribution >= 4 is 11.3 Å². The molecule has 0 amide bonds. The van der Waals surface area contributed by atoms with Crippen LogP contribution in [0.1, 0.15) is 28.3 Å². The summed E-state index contributed by atoms with van der Waals surface area (Å²) >= 11 is 1.84. The van der Waals surface area contributed by atoms with Crippen LogP contribution in [0.4, 0.5) is 0 Å². The van der Waals surface area contributed by atoms with Gasteiger partial charge < -0.3 is 14.8 Å². The first-order valence-electron chi connectivity index (χ1n) is 7.38. The maximum absolute atomic E-state index is 6.18. The van der Waals surface area contributed by atoms with E-state index >= 15 is 0 Å². The summed E-state index contributed by atoms with van der Waals surface area (Å²) in [5, 5.41) is 3.56. The Morgan fingerprint density at radius 3 is 2.71 bits per heavy atom. The molecule has 1 aliphatic rings. The summed E-state index contributed by atoms with van der Waals surface area (Å²) in [5.41, 5.74) is 1.33. The van der Waals surface area contributed by atoms with E-state index in [4.69, 9.17) is 9.47 Å². The number of rotatable bonds is 4. The molecule has 0 spiro atoms. The van der Waals surface area contributed by atoms with E-state index in [9.17, 15) is 0 Å². The lowest BCUT2D eigenvalue weighted by Gasteiger charge is -2.32. The van der Waals surface area contributed by atoms with Crippen LogP contribution in [0.2, 0.25) is 0 Å². The lowest BCUT2D eigenvalue weighted by atomic mass is 10.0. The van der Waals surface area contributed by atoms with Crippen molar-refractivity contribution in [1.29, 1.82) is 0 Å². The van der Waals surface area contributed by atoms with Gasteiger partial charge in [-0.2, -0.15) is 0 Å². The zero-order valence-corrected chi connectivity index (χ0v) is 13.5. The molecule has 1 aliphatic heterocycles. The van der Waals surface area contributed by atoms with Crippen LogP contribution in [0, 0.1) is 13.8 Å². The fraction of sp³-hybridized carbons (Fsp3) is 0.412. The Balaban J connectivity index is 1.87. The molecule has 1 N–H and O–H groups in total. The predicted molar refractivity (Wildman–Crippen MR) is 86.6 cm³/mol. The van der Waals surface area contributed by atoms with Crippen LogP contribution >= 0.6 is 11.3 Å². The molecule has 21 heavy (non-hydrogen) atoms. The Kier molecular flexibility index (Phi) is 4.17. The molecular weight excluding hydrogens is 282 g/mol. The number of hydrogen-bond acceptors (Lipinski definition) is 4. The second-order valence-corrected chi connectivity index (χ2v) is 6.78. The van der Waals surface area contributed by atoms with Crippen LogP contribution in [0.15, 0.2) is 30.3 Å². The van der Waals surface area contributed by atoms with E-state index in [0.717, 1.165) is 18.0 Å². The zero-order chi connectivity index (χ0) is 14.8. The fourth-order valence-electron chi connectivity index (χ4n) is 2.82. The van der Waals surface area contributed by atoms with Crippen molar-refractivity contribution < 1.29 is 9.47 Å². The number of aryl methyl sites for hydroxylation is 2. The van der Waals surface area contributed by atoms with Crippen molar-refractivity contribution in [1.82, 2.24) is 5.32 Å². The molecule has 0 bridgehead atoms. The van der Waals surface area contributed by atoms with Crippen molar-refractivity contribution in [3.8, 4) is 11.5 Å². The number of benzene rings is 1. The maximum Gasteiger partial charge on any atom is 0.161 e. The van der Waals surface area contributed by atoms with Crippen molar-refractivity contribution in [2.24, 2.45) is 0 Å². The quantitative estimate of drug-likeness (QED) is 0.930. The molecule has 1 aromatic heterocycles. The van der Waals surface area contributed by atoms with Gasteiger partial charge in [-0.05, 0) is 44.2 Å². The Hall–Kier alpha value is -1.52. The highest BCUT2D eigenvalue weighted by Crippen LogP contribution is 2.36. The Morgan fingerprint density at radius 2 is 2.05 bits per heavy atom. The first kappa shape index (κ1) is 14.4. The first-order valence-corrected chi connectivity index (χ1v) is 8.19. The largest absolute Gasteiger partial charge is 0.486 e. The van der Waals surface area contributed by atoms with Gasteiger partial charge in [-0.15, -0.1) is 11.3 Å². The van der Waals surface area contributed by atoms with Gasteiger partial charge in [0, 0.05) is 9.75 Å². The number of fused-ring (bicyclic) bond motifs is 1. The van der Waals surface area contributed by atoms with E-state index in [0.29, 0.717) is 6.61 Å². The fourth-order valence-corrected chi connectivity index (χ4v) is 3.79. The van der Waals surface area contributed by atoms with Gasteiger partial charge in [-0.1, -0.05) is 19.1 Å². The SMILES string of the molecule is CCNC(c1cc(C)sc1C)C1COc2ccccc2O1. The third kappa shape index (κ3) is 2.92. The minimum Gasteiger partial charge on any atom is -0.486 e. The minimum absolute atomic E-state index is 0.00690. The summed E-state index contributed by atoms with van der Waals surface area (Å²) in [5.74, 6) is 1.67. The van der Waals surface area contributed by atoms with E-state index in [1.54, 1.807) is 0 Å². The van der Waals surface area contributed by atoms with Gasteiger partial charge in [0.2, 0.25) is 0 Å². The summed E-state index contributed by atoms with van der Waals surface area (Å²) in [6, 6.07) is 10.3. The second kappa shape index (κ2) is 6.08. The number of nitrogens with one attached hydrogen (secondary N) is 1. The molecule has 3 rings (SSSR count). The minimum atomic E-state index is -0.00690. The zero-order valence-electron chi connectivity index (χ0n) is 12.7. The molecule has 0 fully saturated rings. The first-order chi connectivity index (χ1) is 10.2. The Bertz CT molecular complexity index is 623. The number of ether oxygens (including phenoxy) is 2. The number of likely N-dealkylation sites (N-methyl/N-ethyl adjacent to an activating group) is 1. The van der Waals surface area contributed by atoms with Gasteiger partial charge in [0.15, 0.2) is 17.6 Å². The third-order valence-corrected chi connectivity index (χ3v) is 4.72. The molecule has 0 saturated carbocycles. The van der Waals surface area contributed by atoms with Gasteiger partial charge in [0.1, 0.15) is 6.61 Å². The maximum atomic E-state index is 6.18. The van der Waals surface area contributed by atoms with E-state index in [2.05, 4.69) is 32.2 Å². The van der Waals surface area contributed by atoms with E-state index < -0.39 is 0 Å². The molecule has 3 nitrogen and oxygen atoms in total. The molecule has 0 saturated heterocycles. The average Bonchev–Trinajstić information content (AvgIpc) is 2.83. The summed E-state index contributed by atoms with van der Waals surface area (Å²) < 4.78 is 12.1. The van der Waals surface area contributed by atoms with E-state index in [1.807, 2.05) is 35.6 Å². The molecule has 112 valence electrons. The Labute approximate surface area is 129 Å². The summed E-state index contributed by atoms with van der Waals surface area (Å²) in [6.45, 7) is 7.93. The number of thiophene rings is 1. The second-order valence-electron chi connectivity index (χ2n) is 5.32. The van der Waals surface area contributed by atoms with Crippen LogP contribution < -0.4 is 14.8 Å². The molecule has 0 radical (unpaired) electrons. The highest BCUT2D eigenvalue weighted by molar-refractivity contribution is 7.12. The lowest BCUT2D eigenvalue weighted by molar-refractivity contribution is 0.0621. The van der Waals surface area contributed by atoms with Crippen LogP contribution in [0.3, 0.4) is 0 Å². The molecule has 2 unspecified atom stereocenters.